The number of carboxylic acids is 1. The molecule has 0 aromatic carbocycles. The van der Waals surface area contributed by atoms with E-state index in [0.717, 1.165) is 15.8 Å². The predicted octanol–water partition coefficient (Wildman–Crippen LogP) is 1.31. The number of nitrogens with one attached hydrogen (secondary N) is 1. The fourth-order valence-corrected chi connectivity index (χ4v) is 2.45. The van der Waals surface area contributed by atoms with Gasteiger partial charge in [0.05, 0.1) is 6.54 Å². The fraction of sp³-hybridized carbons (Fsp3) is 0.231. The minimum atomic E-state index is -0.986. The number of thiophene rings is 1. The van der Waals surface area contributed by atoms with E-state index in [2.05, 4.69) is 15.4 Å². The van der Waals surface area contributed by atoms with E-state index in [4.69, 9.17) is 5.11 Å². The van der Waals surface area contributed by atoms with Crippen LogP contribution in [0.5, 0.6) is 0 Å². The van der Waals surface area contributed by atoms with Gasteiger partial charge in [-0.1, -0.05) is 0 Å². The molecular weight excluding hydrogens is 292 g/mol. The molecule has 110 valence electrons. The maximum atomic E-state index is 11.9. The SMILES string of the molecule is CC(C(=O)NCc1ccc(C=CC(=O)O)s1)n1cncn1. The molecule has 0 saturated carbocycles. The first kappa shape index (κ1) is 14.9. The first-order chi connectivity index (χ1) is 10.1. The molecule has 0 aliphatic heterocycles. The third kappa shape index (κ3) is 4.25. The van der Waals surface area contributed by atoms with Gasteiger partial charge in [0.1, 0.15) is 18.7 Å². The van der Waals surface area contributed by atoms with E-state index in [9.17, 15) is 9.59 Å². The maximum Gasteiger partial charge on any atom is 0.328 e. The van der Waals surface area contributed by atoms with Crippen LogP contribution in [0, 0.1) is 0 Å². The van der Waals surface area contributed by atoms with Crippen LogP contribution in [0.1, 0.15) is 22.7 Å². The van der Waals surface area contributed by atoms with Gasteiger partial charge in [-0.15, -0.1) is 11.3 Å². The Labute approximate surface area is 124 Å². The Morgan fingerprint density at radius 3 is 3.00 bits per heavy atom. The molecular formula is C13H14N4O3S. The van der Waals surface area contributed by atoms with Gasteiger partial charge < -0.3 is 10.4 Å². The fourth-order valence-electron chi connectivity index (χ4n) is 1.59. The van der Waals surface area contributed by atoms with E-state index in [0.29, 0.717) is 6.54 Å². The average Bonchev–Trinajstić information content (AvgIpc) is 3.13. The molecule has 1 atom stereocenters. The summed E-state index contributed by atoms with van der Waals surface area (Å²) in [5.41, 5.74) is 0. The van der Waals surface area contributed by atoms with Crippen molar-refractivity contribution in [2.75, 3.05) is 0 Å². The van der Waals surface area contributed by atoms with Crippen LogP contribution in [0.3, 0.4) is 0 Å². The second-order valence-corrected chi connectivity index (χ2v) is 5.44. The van der Waals surface area contributed by atoms with Crippen molar-refractivity contribution in [1.82, 2.24) is 20.1 Å². The topological polar surface area (TPSA) is 97.1 Å². The lowest BCUT2D eigenvalue weighted by molar-refractivity contribution is -0.131. The van der Waals surface area contributed by atoms with Crippen molar-refractivity contribution >= 4 is 29.3 Å². The van der Waals surface area contributed by atoms with E-state index in [1.165, 1.54) is 34.7 Å². The summed E-state index contributed by atoms with van der Waals surface area (Å²) in [4.78, 5) is 27.9. The maximum absolute atomic E-state index is 11.9. The predicted molar refractivity (Wildman–Crippen MR) is 77.6 cm³/mol. The van der Waals surface area contributed by atoms with E-state index in [1.54, 1.807) is 6.92 Å². The van der Waals surface area contributed by atoms with Gasteiger partial charge in [0, 0.05) is 15.8 Å². The molecule has 2 aromatic rings. The summed E-state index contributed by atoms with van der Waals surface area (Å²) >= 11 is 1.43. The van der Waals surface area contributed by atoms with Crippen LogP contribution in [0.2, 0.25) is 0 Å². The lowest BCUT2D eigenvalue weighted by atomic mass is 10.3. The van der Waals surface area contributed by atoms with Gasteiger partial charge in [0.2, 0.25) is 5.91 Å². The van der Waals surface area contributed by atoms with E-state index in [1.807, 2.05) is 12.1 Å². The summed E-state index contributed by atoms with van der Waals surface area (Å²) in [5.74, 6) is -1.14. The Balaban J connectivity index is 1.88. The highest BCUT2D eigenvalue weighted by Crippen LogP contribution is 2.18. The Bertz CT molecular complexity index is 648. The van der Waals surface area contributed by atoms with E-state index >= 15 is 0 Å². The smallest absolute Gasteiger partial charge is 0.328 e. The van der Waals surface area contributed by atoms with Gasteiger partial charge >= 0.3 is 5.97 Å². The quantitative estimate of drug-likeness (QED) is 0.784. The molecule has 0 radical (unpaired) electrons. The number of hydrogen-bond donors (Lipinski definition) is 2. The first-order valence-electron chi connectivity index (χ1n) is 6.18. The third-order valence-corrected chi connectivity index (χ3v) is 3.77. The van der Waals surface area contributed by atoms with Crippen LogP contribution < -0.4 is 5.32 Å². The molecule has 0 aliphatic rings. The number of rotatable bonds is 6. The van der Waals surface area contributed by atoms with Crippen molar-refractivity contribution in [2.24, 2.45) is 0 Å². The normalized spacial score (nSPS) is 12.4. The van der Waals surface area contributed by atoms with Crippen molar-refractivity contribution < 1.29 is 14.7 Å². The van der Waals surface area contributed by atoms with Gasteiger partial charge in [-0.05, 0) is 25.1 Å². The Morgan fingerprint density at radius 2 is 2.33 bits per heavy atom. The second kappa shape index (κ2) is 6.80. The molecule has 0 saturated heterocycles. The summed E-state index contributed by atoms with van der Waals surface area (Å²) in [6.45, 7) is 2.13. The van der Waals surface area contributed by atoms with Crippen LogP contribution in [0.15, 0.2) is 30.9 Å². The molecule has 1 unspecified atom stereocenters. The molecule has 2 heterocycles. The van der Waals surface area contributed by atoms with Crippen molar-refractivity contribution in [3.63, 3.8) is 0 Å². The van der Waals surface area contributed by atoms with Crippen LogP contribution in [0.25, 0.3) is 6.08 Å². The molecule has 0 fully saturated rings. The standard InChI is InChI=1S/C13H14N4O3S/c1-9(17-8-14-7-16-17)13(20)15-6-11-3-2-10(21-11)4-5-12(18)19/h2-5,7-9H,6H2,1H3,(H,15,20)(H,18,19). The number of nitrogens with zero attached hydrogens (tertiary/aromatic N) is 3. The van der Waals surface area contributed by atoms with Gasteiger partial charge in [-0.2, -0.15) is 5.10 Å². The van der Waals surface area contributed by atoms with Crippen molar-refractivity contribution in [1.29, 1.82) is 0 Å². The van der Waals surface area contributed by atoms with Crippen molar-refractivity contribution in [2.45, 2.75) is 19.5 Å². The lowest BCUT2D eigenvalue weighted by Crippen LogP contribution is -2.30. The molecule has 0 aliphatic carbocycles. The minimum absolute atomic E-state index is 0.156. The number of carbonyl (C=O) groups is 2. The number of carbonyl (C=O) groups excluding carboxylic acids is 1. The van der Waals surface area contributed by atoms with Crippen LogP contribution in [-0.2, 0) is 16.1 Å². The zero-order valence-corrected chi connectivity index (χ0v) is 12.1. The zero-order chi connectivity index (χ0) is 15.2. The average molecular weight is 306 g/mol. The lowest BCUT2D eigenvalue weighted by Gasteiger charge is -2.11. The summed E-state index contributed by atoms with van der Waals surface area (Å²) < 4.78 is 1.48. The van der Waals surface area contributed by atoms with Gasteiger partial charge in [-0.25, -0.2) is 14.5 Å². The van der Waals surface area contributed by atoms with Crippen LogP contribution in [-0.4, -0.2) is 31.7 Å². The molecule has 2 rings (SSSR count). The Kier molecular flexibility index (Phi) is 4.83. The van der Waals surface area contributed by atoms with Gasteiger partial charge in [0.15, 0.2) is 0 Å². The van der Waals surface area contributed by atoms with Gasteiger partial charge in [0.25, 0.3) is 0 Å². The molecule has 8 heteroatoms. The zero-order valence-electron chi connectivity index (χ0n) is 11.3. The molecule has 0 spiro atoms. The second-order valence-electron chi connectivity index (χ2n) is 4.24. The first-order valence-corrected chi connectivity index (χ1v) is 6.99. The highest BCUT2D eigenvalue weighted by molar-refractivity contribution is 7.12. The molecule has 2 N–H and O–H groups in total. The number of carboxylic acid groups (broad SMARTS) is 1. The summed E-state index contributed by atoms with van der Waals surface area (Å²) in [6, 6.07) is 3.23. The monoisotopic (exact) mass is 306 g/mol. The largest absolute Gasteiger partial charge is 0.478 e. The number of hydrogen-bond acceptors (Lipinski definition) is 5. The number of aliphatic carboxylic acids is 1. The Hall–Kier alpha value is -2.48. The summed E-state index contributed by atoms with van der Waals surface area (Å²) in [7, 11) is 0. The molecule has 21 heavy (non-hydrogen) atoms. The van der Waals surface area contributed by atoms with E-state index in [-0.39, 0.29) is 5.91 Å². The summed E-state index contributed by atoms with van der Waals surface area (Å²) in [6.07, 6.45) is 5.48. The highest BCUT2D eigenvalue weighted by atomic mass is 32.1. The number of amides is 1. The molecule has 7 nitrogen and oxygen atoms in total. The van der Waals surface area contributed by atoms with Crippen LogP contribution in [0.4, 0.5) is 0 Å². The summed E-state index contributed by atoms with van der Waals surface area (Å²) in [5, 5.41) is 15.3. The Morgan fingerprint density at radius 1 is 1.52 bits per heavy atom. The molecule has 1 amide bonds. The van der Waals surface area contributed by atoms with Crippen molar-refractivity contribution in [3.8, 4) is 0 Å². The molecule has 0 bridgehead atoms. The highest BCUT2D eigenvalue weighted by Gasteiger charge is 2.14. The number of aromatic nitrogens is 3. The third-order valence-electron chi connectivity index (χ3n) is 2.72. The van der Waals surface area contributed by atoms with Crippen LogP contribution >= 0.6 is 11.3 Å². The van der Waals surface area contributed by atoms with E-state index < -0.39 is 12.0 Å². The van der Waals surface area contributed by atoms with Gasteiger partial charge in [-0.3, -0.25) is 4.79 Å². The van der Waals surface area contributed by atoms with Crippen molar-refractivity contribution in [3.05, 3.63) is 40.6 Å². The minimum Gasteiger partial charge on any atom is -0.478 e. The molecule has 2 aromatic heterocycles.